The van der Waals surface area contributed by atoms with Gasteiger partial charge in [0.1, 0.15) is 5.60 Å². The Bertz CT molecular complexity index is 865. The summed E-state index contributed by atoms with van der Waals surface area (Å²) in [4.78, 5) is 0.901. The molecule has 3 rings (SSSR count). The summed E-state index contributed by atoms with van der Waals surface area (Å²) >= 11 is 2.86. The number of rotatable bonds is 7. The summed E-state index contributed by atoms with van der Waals surface area (Å²) in [5.74, 6) is 0. The molecule has 0 amide bonds. The van der Waals surface area contributed by atoms with Crippen molar-refractivity contribution < 1.29 is 13.5 Å². The SMILES string of the molecule is CCc1ccc(S(=O)(=O)NCC(O)(c2ccsc2)c2cccs2)cc1. The predicted molar refractivity (Wildman–Crippen MR) is 103 cm³/mol. The van der Waals surface area contributed by atoms with E-state index in [4.69, 9.17) is 0 Å². The van der Waals surface area contributed by atoms with Gasteiger partial charge in [0.25, 0.3) is 0 Å². The quantitative estimate of drug-likeness (QED) is 0.645. The second kappa shape index (κ2) is 7.39. The summed E-state index contributed by atoms with van der Waals surface area (Å²) in [5, 5.41) is 16.8. The van der Waals surface area contributed by atoms with Gasteiger partial charge in [0.15, 0.2) is 0 Å². The first-order chi connectivity index (χ1) is 12.0. The zero-order valence-electron chi connectivity index (χ0n) is 13.7. The molecule has 0 radical (unpaired) electrons. The molecule has 1 aromatic carbocycles. The molecule has 25 heavy (non-hydrogen) atoms. The highest BCUT2D eigenvalue weighted by Gasteiger charge is 2.34. The second-order valence-corrected chi connectivity index (χ2v) is 9.17. The monoisotopic (exact) mass is 393 g/mol. The van der Waals surface area contributed by atoms with Crippen molar-refractivity contribution >= 4 is 32.7 Å². The van der Waals surface area contributed by atoms with Crippen LogP contribution in [0.4, 0.5) is 0 Å². The molecule has 1 unspecified atom stereocenters. The molecule has 0 aliphatic carbocycles. The van der Waals surface area contributed by atoms with Crippen LogP contribution < -0.4 is 4.72 Å². The third-order valence-corrected chi connectivity index (χ3v) is 7.21. The number of hydrogen-bond donors (Lipinski definition) is 2. The van der Waals surface area contributed by atoms with E-state index in [1.807, 2.05) is 41.3 Å². The van der Waals surface area contributed by atoms with Gasteiger partial charge in [-0.2, -0.15) is 11.3 Å². The molecule has 2 N–H and O–H groups in total. The normalized spacial score (nSPS) is 14.3. The van der Waals surface area contributed by atoms with E-state index in [-0.39, 0.29) is 11.4 Å². The van der Waals surface area contributed by atoms with Gasteiger partial charge >= 0.3 is 0 Å². The van der Waals surface area contributed by atoms with Gasteiger partial charge in [-0.1, -0.05) is 25.1 Å². The van der Waals surface area contributed by atoms with E-state index in [0.717, 1.165) is 12.0 Å². The maximum Gasteiger partial charge on any atom is 0.240 e. The number of sulfonamides is 1. The van der Waals surface area contributed by atoms with Gasteiger partial charge in [0.05, 0.1) is 4.90 Å². The molecule has 1 atom stereocenters. The van der Waals surface area contributed by atoms with Crippen LogP contribution in [0.25, 0.3) is 0 Å². The maximum atomic E-state index is 12.6. The molecule has 0 bridgehead atoms. The summed E-state index contributed by atoms with van der Waals surface area (Å²) in [5.41, 5.74) is 0.376. The largest absolute Gasteiger partial charge is 0.378 e. The Morgan fingerprint density at radius 3 is 2.44 bits per heavy atom. The zero-order chi connectivity index (χ0) is 17.9. The number of nitrogens with one attached hydrogen (secondary N) is 1. The molecule has 2 heterocycles. The standard InChI is InChI=1S/C18H19NO3S3/c1-2-14-5-7-16(8-6-14)25(21,22)19-13-18(20,15-9-11-23-12-15)17-4-3-10-24-17/h3-12,19-20H,2,13H2,1H3. The van der Waals surface area contributed by atoms with Gasteiger partial charge in [-0.3, -0.25) is 0 Å². The van der Waals surface area contributed by atoms with Crippen molar-refractivity contribution in [2.24, 2.45) is 0 Å². The van der Waals surface area contributed by atoms with E-state index in [1.54, 1.807) is 24.3 Å². The summed E-state index contributed by atoms with van der Waals surface area (Å²) < 4.78 is 27.8. The number of aliphatic hydroxyl groups is 1. The van der Waals surface area contributed by atoms with Crippen LogP contribution in [-0.2, 0) is 22.0 Å². The second-order valence-electron chi connectivity index (χ2n) is 5.67. The molecule has 3 aromatic rings. The van der Waals surface area contributed by atoms with Crippen molar-refractivity contribution in [1.29, 1.82) is 0 Å². The highest BCUT2D eigenvalue weighted by atomic mass is 32.2. The Labute approximate surface area is 155 Å². The molecular weight excluding hydrogens is 374 g/mol. The predicted octanol–water partition coefficient (Wildman–Crippen LogP) is 3.59. The molecule has 7 heteroatoms. The summed E-state index contributed by atoms with van der Waals surface area (Å²) in [6, 6.07) is 12.3. The number of hydrogen-bond acceptors (Lipinski definition) is 5. The topological polar surface area (TPSA) is 66.4 Å². The van der Waals surface area contributed by atoms with E-state index in [9.17, 15) is 13.5 Å². The van der Waals surface area contributed by atoms with Crippen LogP contribution in [0.15, 0.2) is 63.5 Å². The van der Waals surface area contributed by atoms with E-state index >= 15 is 0 Å². The van der Waals surface area contributed by atoms with Crippen molar-refractivity contribution in [2.75, 3.05) is 6.54 Å². The fraction of sp³-hybridized carbons (Fsp3) is 0.222. The third-order valence-electron chi connectivity index (χ3n) is 4.09. The molecular formula is C18H19NO3S3. The third kappa shape index (κ3) is 3.86. The van der Waals surface area contributed by atoms with Crippen LogP contribution in [0, 0.1) is 0 Å². The number of aryl methyl sites for hydroxylation is 1. The van der Waals surface area contributed by atoms with Gasteiger partial charge < -0.3 is 5.11 Å². The Kier molecular flexibility index (Phi) is 5.41. The van der Waals surface area contributed by atoms with Gasteiger partial charge in [-0.05, 0) is 52.4 Å². The van der Waals surface area contributed by atoms with Crippen molar-refractivity contribution in [1.82, 2.24) is 4.72 Å². The van der Waals surface area contributed by atoms with E-state index in [2.05, 4.69) is 4.72 Å². The Hall–Kier alpha value is -1.51. The lowest BCUT2D eigenvalue weighted by molar-refractivity contribution is 0.0903. The molecule has 0 saturated carbocycles. The minimum absolute atomic E-state index is 0.123. The van der Waals surface area contributed by atoms with Crippen molar-refractivity contribution in [3.63, 3.8) is 0 Å². The molecule has 0 aliphatic rings. The lowest BCUT2D eigenvalue weighted by atomic mass is 9.95. The molecule has 2 aromatic heterocycles. The zero-order valence-corrected chi connectivity index (χ0v) is 16.1. The molecule has 4 nitrogen and oxygen atoms in total. The number of thiophene rings is 2. The Morgan fingerprint density at radius 2 is 1.88 bits per heavy atom. The van der Waals surface area contributed by atoms with Crippen LogP contribution >= 0.6 is 22.7 Å². The van der Waals surface area contributed by atoms with Crippen LogP contribution in [-0.4, -0.2) is 20.1 Å². The van der Waals surface area contributed by atoms with Crippen LogP contribution in [0.5, 0.6) is 0 Å². The van der Waals surface area contributed by atoms with Gasteiger partial charge in [0.2, 0.25) is 10.0 Å². The lowest BCUT2D eigenvalue weighted by Gasteiger charge is -2.27. The highest BCUT2D eigenvalue weighted by Crippen LogP contribution is 2.34. The fourth-order valence-electron chi connectivity index (χ4n) is 2.53. The Balaban J connectivity index is 1.86. The van der Waals surface area contributed by atoms with Crippen molar-refractivity contribution in [3.05, 3.63) is 74.6 Å². The summed E-state index contributed by atoms with van der Waals surface area (Å²) in [7, 11) is -3.70. The average Bonchev–Trinajstić information content (AvgIpc) is 3.33. The van der Waals surface area contributed by atoms with Gasteiger partial charge in [0, 0.05) is 17.0 Å². The average molecular weight is 394 g/mol. The van der Waals surface area contributed by atoms with E-state index in [0.29, 0.717) is 10.4 Å². The van der Waals surface area contributed by atoms with Crippen LogP contribution in [0.2, 0.25) is 0 Å². The first kappa shape index (κ1) is 18.3. The number of benzene rings is 1. The Morgan fingerprint density at radius 1 is 1.12 bits per heavy atom. The van der Waals surface area contributed by atoms with E-state index in [1.165, 1.54) is 22.7 Å². The first-order valence-corrected chi connectivity index (χ1v) is 11.1. The smallest absolute Gasteiger partial charge is 0.240 e. The van der Waals surface area contributed by atoms with Gasteiger partial charge in [-0.25, -0.2) is 13.1 Å². The van der Waals surface area contributed by atoms with Gasteiger partial charge in [-0.15, -0.1) is 11.3 Å². The minimum atomic E-state index is -3.70. The lowest BCUT2D eigenvalue weighted by Crippen LogP contribution is -2.40. The first-order valence-electron chi connectivity index (χ1n) is 7.83. The van der Waals surface area contributed by atoms with Crippen LogP contribution in [0.3, 0.4) is 0 Å². The van der Waals surface area contributed by atoms with Crippen molar-refractivity contribution in [2.45, 2.75) is 23.8 Å². The van der Waals surface area contributed by atoms with Crippen molar-refractivity contribution in [3.8, 4) is 0 Å². The maximum absolute atomic E-state index is 12.6. The minimum Gasteiger partial charge on any atom is -0.378 e. The molecule has 132 valence electrons. The molecule has 0 saturated heterocycles. The van der Waals surface area contributed by atoms with E-state index < -0.39 is 15.6 Å². The molecule has 0 aliphatic heterocycles. The fourth-order valence-corrected chi connectivity index (χ4v) is 5.16. The summed E-state index contributed by atoms with van der Waals surface area (Å²) in [6.45, 7) is 1.89. The highest BCUT2D eigenvalue weighted by molar-refractivity contribution is 7.89. The summed E-state index contributed by atoms with van der Waals surface area (Å²) in [6.07, 6.45) is 0.851. The van der Waals surface area contributed by atoms with Crippen LogP contribution in [0.1, 0.15) is 22.9 Å². The molecule has 0 fully saturated rings. The molecule has 0 spiro atoms.